The molecule has 0 N–H and O–H groups in total. The molecule has 0 amide bonds. The second kappa shape index (κ2) is 4.63. The Balaban J connectivity index is 2.38. The van der Waals surface area contributed by atoms with Crippen molar-refractivity contribution in [1.29, 1.82) is 0 Å². The molecule has 0 spiro atoms. The number of hydrogen-bond acceptors (Lipinski definition) is 2. The van der Waals surface area contributed by atoms with Gasteiger partial charge in [-0.2, -0.15) is 0 Å². The molecule has 0 bridgehead atoms. The van der Waals surface area contributed by atoms with Crippen molar-refractivity contribution in [3.63, 3.8) is 0 Å². The van der Waals surface area contributed by atoms with Gasteiger partial charge in [-0.1, -0.05) is 12.1 Å². The van der Waals surface area contributed by atoms with Gasteiger partial charge in [-0.05, 0) is 18.6 Å². The fourth-order valence-electron chi connectivity index (χ4n) is 1.62. The normalized spacial score (nSPS) is 10.2. The summed E-state index contributed by atoms with van der Waals surface area (Å²) in [5.41, 5.74) is 0.739. The molecule has 1 heterocycles. The zero-order valence-corrected chi connectivity index (χ0v) is 8.89. The zero-order valence-electron chi connectivity index (χ0n) is 8.89. The van der Waals surface area contributed by atoms with E-state index in [2.05, 4.69) is 10.9 Å². The first-order valence-electron chi connectivity index (χ1n) is 5.20. The van der Waals surface area contributed by atoms with Crippen molar-refractivity contribution in [2.24, 2.45) is 0 Å². The van der Waals surface area contributed by atoms with Gasteiger partial charge >= 0.3 is 0 Å². The summed E-state index contributed by atoms with van der Waals surface area (Å²) >= 11 is 0. The van der Waals surface area contributed by atoms with Crippen LogP contribution in [0, 0.1) is 12.3 Å². The van der Waals surface area contributed by atoms with Crippen LogP contribution >= 0.6 is 0 Å². The molecule has 0 unspecified atom stereocenters. The van der Waals surface area contributed by atoms with Gasteiger partial charge in [0.25, 0.3) is 5.56 Å². The second-order valence-electron chi connectivity index (χ2n) is 3.57. The minimum absolute atomic E-state index is 0.00243. The van der Waals surface area contributed by atoms with Crippen molar-refractivity contribution in [1.82, 2.24) is 9.55 Å². The highest BCUT2D eigenvalue weighted by Gasteiger charge is 2.01. The van der Waals surface area contributed by atoms with Gasteiger partial charge in [0.1, 0.15) is 0 Å². The summed E-state index contributed by atoms with van der Waals surface area (Å²) in [5, 5.41) is 0.658. The van der Waals surface area contributed by atoms with Gasteiger partial charge < -0.3 is 0 Å². The van der Waals surface area contributed by atoms with Crippen LogP contribution < -0.4 is 5.56 Å². The quantitative estimate of drug-likeness (QED) is 0.574. The first-order valence-corrected chi connectivity index (χ1v) is 5.20. The number of rotatable bonds is 3. The summed E-state index contributed by atoms with van der Waals surface area (Å²) in [6.07, 6.45) is 8.23. The van der Waals surface area contributed by atoms with Crippen LogP contribution in [0.3, 0.4) is 0 Å². The van der Waals surface area contributed by atoms with Crippen LogP contribution in [0.25, 0.3) is 10.9 Å². The van der Waals surface area contributed by atoms with Gasteiger partial charge in [-0.3, -0.25) is 9.36 Å². The third kappa shape index (κ3) is 1.96. The number of terminal acetylenes is 1. The predicted octanol–water partition coefficient (Wildman–Crippen LogP) is 1.81. The standard InChI is InChI=1S/C13H12N2O/c1-2-3-6-9-15-10-14-12-8-5-4-7-11(12)13(15)16/h1,4-5,7-8,10H,3,6,9H2. The maximum Gasteiger partial charge on any atom is 0.261 e. The van der Waals surface area contributed by atoms with Crippen LogP contribution in [0.5, 0.6) is 0 Å². The molecular weight excluding hydrogens is 200 g/mol. The molecule has 0 aliphatic carbocycles. The maximum atomic E-state index is 12.0. The monoisotopic (exact) mass is 212 g/mol. The van der Waals surface area contributed by atoms with E-state index in [1.807, 2.05) is 18.2 Å². The van der Waals surface area contributed by atoms with Crippen molar-refractivity contribution in [3.05, 3.63) is 40.9 Å². The summed E-state index contributed by atoms with van der Waals surface area (Å²) in [7, 11) is 0. The molecule has 2 aromatic rings. The summed E-state index contributed by atoms with van der Waals surface area (Å²) in [6.45, 7) is 0.626. The highest BCUT2D eigenvalue weighted by Crippen LogP contribution is 2.04. The lowest BCUT2D eigenvalue weighted by Gasteiger charge is -2.04. The topological polar surface area (TPSA) is 34.9 Å². The molecule has 0 saturated heterocycles. The number of aromatic nitrogens is 2. The number of hydrogen-bond donors (Lipinski definition) is 0. The first kappa shape index (κ1) is 10.4. The minimum atomic E-state index is 0.00243. The molecule has 0 aliphatic heterocycles. The third-order valence-corrected chi connectivity index (χ3v) is 2.45. The molecule has 0 saturated carbocycles. The van der Waals surface area contributed by atoms with Crippen LogP contribution in [0.1, 0.15) is 12.8 Å². The smallest absolute Gasteiger partial charge is 0.261 e. The number of para-hydroxylation sites is 1. The van der Waals surface area contributed by atoms with E-state index in [0.29, 0.717) is 18.4 Å². The van der Waals surface area contributed by atoms with Gasteiger partial charge in [0.15, 0.2) is 0 Å². The Hall–Kier alpha value is -2.08. The van der Waals surface area contributed by atoms with Crippen LogP contribution in [-0.4, -0.2) is 9.55 Å². The SMILES string of the molecule is C#CCCCn1cnc2ccccc2c1=O. The Morgan fingerprint density at radius 3 is 3.00 bits per heavy atom. The predicted molar refractivity (Wildman–Crippen MR) is 64.1 cm³/mol. The molecule has 1 aromatic carbocycles. The van der Waals surface area contributed by atoms with E-state index in [0.717, 1.165) is 11.9 Å². The van der Waals surface area contributed by atoms with Crippen molar-refractivity contribution in [3.8, 4) is 12.3 Å². The minimum Gasteiger partial charge on any atom is -0.299 e. The Morgan fingerprint density at radius 1 is 1.38 bits per heavy atom. The average Bonchev–Trinajstić information content (AvgIpc) is 2.33. The molecule has 80 valence electrons. The lowest BCUT2D eigenvalue weighted by Crippen LogP contribution is -2.20. The number of benzene rings is 1. The molecule has 16 heavy (non-hydrogen) atoms. The van der Waals surface area contributed by atoms with Crippen molar-refractivity contribution < 1.29 is 0 Å². The maximum absolute atomic E-state index is 12.0. The molecule has 2 rings (SSSR count). The van der Waals surface area contributed by atoms with Crippen molar-refractivity contribution in [2.45, 2.75) is 19.4 Å². The van der Waals surface area contributed by atoms with E-state index in [9.17, 15) is 4.79 Å². The Kier molecular flexibility index (Phi) is 3.02. The largest absolute Gasteiger partial charge is 0.299 e. The van der Waals surface area contributed by atoms with E-state index in [1.54, 1.807) is 17.0 Å². The lowest BCUT2D eigenvalue weighted by molar-refractivity contribution is 0.628. The van der Waals surface area contributed by atoms with Crippen molar-refractivity contribution in [2.75, 3.05) is 0 Å². The zero-order chi connectivity index (χ0) is 11.4. The molecule has 0 fully saturated rings. The van der Waals surface area contributed by atoms with Gasteiger partial charge in [0.2, 0.25) is 0 Å². The van der Waals surface area contributed by atoms with Crippen molar-refractivity contribution >= 4 is 10.9 Å². The Morgan fingerprint density at radius 2 is 2.19 bits per heavy atom. The van der Waals surface area contributed by atoms with E-state index in [-0.39, 0.29) is 5.56 Å². The second-order valence-corrected chi connectivity index (χ2v) is 3.57. The Bertz CT molecular complexity index is 593. The van der Waals surface area contributed by atoms with Crippen LogP contribution in [0.15, 0.2) is 35.4 Å². The number of nitrogens with zero attached hydrogens (tertiary/aromatic N) is 2. The Labute approximate surface area is 93.7 Å². The van der Waals surface area contributed by atoms with Gasteiger partial charge in [0.05, 0.1) is 17.2 Å². The van der Waals surface area contributed by atoms with E-state index in [1.165, 1.54) is 0 Å². The molecule has 0 aliphatic rings. The fraction of sp³-hybridized carbons (Fsp3) is 0.231. The summed E-state index contributed by atoms with van der Waals surface area (Å²) < 4.78 is 1.61. The highest BCUT2D eigenvalue weighted by atomic mass is 16.1. The van der Waals surface area contributed by atoms with E-state index in [4.69, 9.17) is 6.42 Å². The van der Waals surface area contributed by atoms with Gasteiger partial charge in [0, 0.05) is 13.0 Å². The summed E-state index contributed by atoms with van der Waals surface area (Å²) in [6, 6.07) is 7.35. The van der Waals surface area contributed by atoms with Gasteiger partial charge in [-0.25, -0.2) is 4.98 Å². The first-order chi connectivity index (χ1) is 7.83. The average molecular weight is 212 g/mol. The fourth-order valence-corrected chi connectivity index (χ4v) is 1.62. The van der Waals surface area contributed by atoms with Crippen LogP contribution in [0.2, 0.25) is 0 Å². The van der Waals surface area contributed by atoms with Gasteiger partial charge in [-0.15, -0.1) is 12.3 Å². The number of fused-ring (bicyclic) bond motifs is 1. The van der Waals surface area contributed by atoms with Crippen LogP contribution in [0.4, 0.5) is 0 Å². The molecule has 0 radical (unpaired) electrons. The van der Waals surface area contributed by atoms with E-state index >= 15 is 0 Å². The molecule has 3 heteroatoms. The molecular formula is C13H12N2O. The summed E-state index contributed by atoms with van der Waals surface area (Å²) in [5.74, 6) is 2.56. The number of unbranched alkanes of at least 4 members (excludes halogenated alkanes) is 1. The third-order valence-electron chi connectivity index (χ3n) is 2.45. The molecule has 0 atom stereocenters. The summed E-state index contributed by atoms with van der Waals surface area (Å²) in [4.78, 5) is 16.2. The number of aryl methyl sites for hydroxylation is 1. The lowest BCUT2D eigenvalue weighted by atomic mass is 10.2. The van der Waals surface area contributed by atoms with Crippen LogP contribution in [-0.2, 0) is 6.54 Å². The molecule has 3 nitrogen and oxygen atoms in total. The van der Waals surface area contributed by atoms with E-state index < -0.39 is 0 Å². The highest BCUT2D eigenvalue weighted by molar-refractivity contribution is 5.76. The molecule has 1 aromatic heterocycles.